The van der Waals surface area contributed by atoms with Crippen molar-refractivity contribution in [3.8, 4) is 0 Å². The van der Waals surface area contributed by atoms with Crippen molar-refractivity contribution in [1.82, 2.24) is 0 Å². The van der Waals surface area contributed by atoms with Crippen molar-refractivity contribution < 1.29 is 57.6 Å². The molecule has 0 bridgehead atoms. The molecule has 15 heteroatoms. The second-order valence-electron chi connectivity index (χ2n) is 44.9. The van der Waals surface area contributed by atoms with Crippen LogP contribution in [0.4, 0.5) is 0 Å². The summed E-state index contributed by atoms with van der Waals surface area (Å²) in [5.41, 5.74) is 12.9. The first-order valence-electron chi connectivity index (χ1n) is 55.1. The van der Waals surface area contributed by atoms with Gasteiger partial charge in [0.1, 0.15) is 37.6 Å². The van der Waals surface area contributed by atoms with Crippen LogP contribution in [0.1, 0.15) is 314 Å². The van der Waals surface area contributed by atoms with Gasteiger partial charge in [0.2, 0.25) is 11.8 Å². The first-order valence-corrected chi connectivity index (χ1v) is 59.3. The van der Waals surface area contributed by atoms with Crippen LogP contribution in [0.2, 0.25) is 0 Å². The zero-order valence-corrected chi connectivity index (χ0v) is 93.9. The van der Waals surface area contributed by atoms with Gasteiger partial charge in [0.25, 0.3) is 0 Å². The van der Waals surface area contributed by atoms with Crippen molar-refractivity contribution in [2.24, 2.45) is 59.0 Å². The van der Waals surface area contributed by atoms with Crippen LogP contribution in [0.3, 0.4) is 0 Å². The maximum atomic E-state index is 7.94. The van der Waals surface area contributed by atoms with Gasteiger partial charge in [-0.05, 0) is 189 Å². The molecule has 10 nitrogen and oxygen atoms in total. The average molecular weight is 2070 g/mol. The van der Waals surface area contributed by atoms with Gasteiger partial charge in [-0.2, -0.15) is 0 Å². The zero-order valence-electron chi connectivity index (χ0n) is 89.0. The van der Waals surface area contributed by atoms with Crippen LogP contribution in [-0.2, 0) is 70.5 Å². The summed E-state index contributed by atoms with van der Waals surface area (Å²) in [7, 11) is -1.43. The van der Waals surface area contributed by atoms with Crippen LogP contribution in [0, 0.1) is 40.9 Å². The molecule has 0 saturated heterocycles. The summed E-state index contributed by atoms with van der Waals surface area (Å²) in [6, 6.07) is 108. The maximum absolute atomic E-state index is 7.94. The van der Waals surface area contributed by atoms with Crippen LogP contribution < -0.4 is 21.2 Å². The smallest absolute Gasteiger partial charge is 0.216 e. The molecular formula is C129H168Fe2N5O5P3. The van der Waals surface area contributed by atoms with E-state index in [1.807, 2.05) is 12.1 Å². The van der Waals surface area contributed by atoms with Gasteiger partial charge in [-0.25, -0.2) is 20.0 Å². The van der Waals surface area contributed by atoms with E-state index in [0.717, 1.165) is 73.6 Å². The molecule has 0 amide bonds. The molecule has 6 fully saturated rings. The first kappa shape index (κ1) is 113. The molecule has 11 atom stereocenters. The van der Waals surface area contributed by atoms with E-state index >= 15 is 0 Å². The third-order valence-electron chi connectivity index (χ3n) is 31.5. The van der Waals surface area contributed by atoms with Gasteiger partial charge in [0, 0.05) is 106 Å². The van der Waals surface area contributed by atoms with Gasteiger partial charge < -0.3 is 23.5 Å². The van der Waals surface area contributed by atoms with Crippen molar-refractivity contribution >= 4 is 74.5 Å². The minimum Gasteiger partial charge on any atom is -0.478 e. The Bertz CT molecular complexity index is 5370. The average Bonchev–Trinajstić information content (AvgIpc) is 1.60. The molecule has 6 aliphatic carbocycles. The van der Waals surface area contributed by atoms with Crippen molar-refractivity contribution in [2.45, 2.75) is 353 Å². The quantitative estimate of drug-likeness (QED) is 0.0442. The number of rotatable bonds is 24. The standard InChI is InChI=1S/C37H46NO2P.C33H32NP.C23H28NOP.C14H19NO.C12H23NO.2C5H10.2Fe/c1-29-35(38-36(39-29)32-21-11-4-12-22-32)37(27-30-17-7-2-8-18-30,28-31-19-9-3-10-20-31)40-41(33-23-13-5-14-24-33)34-25-15-6-16-26-34;1-5-14-25(15-6-1)30-24-31(34-33(30)26-16-7-2-8-17-26)29-22-13-23-32(29)35(27-18-9-3-10-19-27)28-20-11-4-12-21-28;1-17(2)21-16-25-23(24-21)20-14-9-15-22(20)26(18-10-5-3-6-11-18)19-12-7-4-8-13-19;1-10-7-5-6-8-11(10)13-15-12(9-16-13)14(2,3)4;1-7-12(5,6)10-13-9(8-14-10)11(2,3)4;2*1-2-4-5-3-1;;/h2-4,7-12,17-22,29,33-35H,5-6,13-16,23-28H2,1H3;1-12,14-21,29-30,32-33H,13,22-24H2;3-8,10-13,17,20-22H,9,14-16H2,1-2H3;5-8,12H,9H2,1-4H3;9H,7-8H2,1-6H3;2*1-5H2;;/t29-,35-;29?,30-,32?,33-;20?,21-,22?;12-;9-;;;;/m00011..../s1. The molecule has 0 aromatic heterocycles. The Morgan fingerprint density at radius 3 is 1.19 bits per heavy atom. The molecule has 0 radical (unpaired) electrons. The summed E-state index contributed by atoms with van der Waals surface area (Å²) in [6.45, 7) is 30.8. The van der Waals surface area contributed by atoms with Gasteiger partial charge >= 0.3 is 0 Å². The SMILES string of the molecule is C1CCCC1.C1CCCC1.CC(C)[C@@H]1COC(C2CCCC2P(c2ccccc2)c2ccccc2)=N1.CCC(C)(C)C1=N[C@@H](C(C)(C)C)CO1.C[C@@H]1OC(c2ccccc2)=N[C@@H]1C(Cc1ccccc1)(Cc1ccccc1)OP(C1CCCCC1)C1CCCCC1.Cc1ccccc1C1=N[C@@H](C(C)(C)C)CO1.[Fe].[Fe].c1ccc([C@@H]2CC(C3CCCC3P(c3ccccc3)c3ccccc3)=N[C@H]2c2ccccc2)cc1. The fraction of sp³-hybridized carbons (Fsp3) is 0.496. The summed E-state index contributed by atoms with van der Waals surface area (Å²) >= 11 is 0. The zero-order chi connectivity index (χ0) is 99.1. The molecule has 0 N–H and O–H groups in total. The molecule has 770 valence electrons. The second kappa shape index (κ2) is 56.6. The van der Waals surface area contributed by atoms with E-state index in [0.29, 0.717) is 65.0 Å². The van der Waals surface area contributed by atoms with Crippen LogP contribution in [0.15, 0.2) is 322 Å². The van der Waals surface area contributed by atoms with Crippen LogP contribution in [0.25, 0.3) is 0 Å². The Morgan fingerprint density at radius 2 is 0.771 bits per heavy atom. The third kappa shape index (κ3) is 31.6. The Morgan fingerprint density at radius 1 is 0.375 bits per heavy atom. The Kier molecular flexibility index (Phi) is 44.5. The number of benzene rings is 10. The van der Waals surface area contributed by atoms with Crippen molar-refractivity contribution in [3.63, 3.8) is 0 Å². The number of aliphatic imine (C=N–C) groups is 5. The Labute approximate surface area is 893 Å². The minimum absolute atomic E-state index is 0. The number of aryl methyl sites for hydroxylation is 1. The Hall–Kier alpha value is -7.96. The van der Waals surface area contributed by atoms with Gasteiger partial charge in [0.05, 0.1) is 24.2 Å². The van der Waals surface area contributed by atoms with E-state index in [4.69, 9.17) is 43.4 Å². The van der Waals surface area contributed by atoms with E-state index < -0.39 is 29.6 Å². The molecule has 11 aliphatic rings. The summed E-state index contributed by atoms with van der Waals surface area (Å²) < 4.78 is 32.1. The van der Waals surface area contributed by atoms with Crippen LogP contribution >= 0.6 is 24.0 Å². The molecule has 5 aliphatic heterocycles. The van der Waals surface area contributed by atoms with E-state index in [1.165, 1.54) is 222 Å². The van der Waals surface area contributed by atoms with Crippen LogP contribution in [0.5, 0.6) is 0 Å². The minimum atomic E-state index is -0.606. The number of ether oxygens (including phenoxy) is 4. The van der Waals surface area contributed by atoms with Gasteiger partial charge in [-0.1, -0.05) is 471 Å². The summed E-state index contributed by atoms with van der Waals surface area (Å²) in [4.78, 5) is 25.3. The van der Waals surface area contributed by atoms with E-state index in [-0.39, 0.29) is 74.6 Å². The molecule has 144 heavy (non-hydrogen) atoms. The largest absolute Gasteiger partial charge is 0.478 e. The monoisotopic (exact) mass is 2070 g/mol. The molecule has 6 saturated carbocycles. The Balaban J connectivity index is 0.000000153. The van der Waals surface area contributed by atoms with Crippen molar-refractivity contribution in [1.29, 1.82) is 0 Å². The van der Waals surface area contributed by atoms with Crippen molar-refractivity contribution in [3.05, 3.63) is 336 Å². The van der Waals surface area contributed by atoms with Crippen molar-refractivity contribution in [2.75, 3.05) is 19.8 Å². The predicted octanol–water partition coefficient (Wildman–Crippen LogP) is 32.3. The number of hydrogen-bond acceptors (Lipinski definition) is 10. The second-order valence-corrected chi connectivity index (χ2v) is 52.1. The summed E-state index contributed by atoms with van der Waals surface area (Å²) in [5.74, 6) is 5.58. The fourth-order valence-corrected chi connectivity index (χ4v) is 32.3. The molecular weight excluding hydrogens is 1900 g/mol. The number of hydrogen-bond donors (Lipinski definition) is 0. The molecule has 21 rings (SSSR count). The molecule has 10 aromatic carbocycles. The molecule has 10 aromatic rings. The normalized spacial score (nSPS) is 23.0. The summed E-state index contributed by atoms with van der Waals surface area (Å²) in [5, 5.41) is 5.96. The fourth-order valence-electron chi connectivity index (χ4n) is 22.7. The topological polar surface area (TPSA) is 108 Å². The van der Waals surface area contributed by atoms with E-state index in [2.05, 4.69) is 380 Å². The molecule has 0 spiro atoms. The third-order valence-corrected chi connectivity index (χ3v) is 40.5. The van der Waals surface area contributed by atoms with E-state index in [9.17, 15) is 0 Å². The summed E-state index contributed by atoms with van der Waals surface area (Å²) in [6.07, 6.45) is 39.9. The molecule has 4 unspecified atom stereocenters. The maximum Gasteiger partial charge on any atom is 0.216 e. The van der Waals surface area contributed by atoms with Crippen LogP contribution in [-0.4, -0.2) is 108 Å². The predicted molar refractivity (Wildman–Crippen MR) is 609 cm³/mol. The van der Waals surface area contributed by atoms with E-state index in [1.54, 1.807) is 0 Å². The van der Waals surface area contributed by atoms with Gasteiger partial charge in [0.15, 0.2) is 11.8 Å². The molecule has 5 heterocycles. The number of nitrogens with zero attached hydrogens (tertiary/aromatic N) is 5. The van der Waals surface area contributed by atoms with Gasteiger partial charge in [-0.15, -0.1) is 0 Å². The first-order chi connectivity index (χ1) is 69.1. The van der Waals surface area contributed by atoms with Gasteiger partial charge in [-0.3, -0.25) is 4.99 Å².